The van der Waals surface area contributed by atoms with Crippen LogP contribution in [-0.4, -0.2) is 11.6 Å². The second kappa shape index (κ2) is 5.63. The fraction of sp³-hybridized carbons (Fsp3) is 0.353. The van der Waals surface area contributed by atoms with Gasteiger partial charge < -0.3 is 10.5 Å². The third-order valence-corrected chi connectivity index (χ3v) is 3.92. The Kier molecular flexibility index (Phi) is 3.70. The van der Waals surface area contributed by atoms with Crippen LogP contribution in [0.3, 0.4) is 0 Å². The van der Waals surface area contributed by atoms with Gasteiger partial charge in [-0.15, -0.1) is 0 Å². The maximum atomic E-state index is 6.42. The van der Waals surface area contributed by atoms with Crippen LogP contribution in [0.2, 0.25) is 0 Å². The maximum Gasteiger partial charge on any atom is 0.137 e. The topological polar surface area (TPSA) is 48.1 Å². The SMILES string of the molecule is CCCOc1cncc(C(N)C2Cc3ccccc32)c1. The fourth-order valence-corrected chi connectivity index (χ4v) is 2.77. The van der Waals surface area contributed by atoms with E-state index in [0.29, 0.717) is 12.5 Å². The van der Waals surface area contributed by atoms with Crippen LogP contribution in [0.1, 0.15) is 42.0 Å². The number of nitrogens with zero attached hydrogens (tertiary/aromatic N) is 1. The number of hydrogen-bond acceptors (Lipinski definition) is 3. The quantitative estimate of drug-likeness (QED) is 0.905. The van der Waals surface area contributed by atoms with E-state index in [0.717, 1.165) is 24.2 Å². The van der Waals surface area contributed by atoms with E-state index in [4.69, 9.17) is 10.5 Å². The number of aromatic nitrogens is 1. The molecule has 0 radical (unpaired) electrons. The summed E-state index contributed by atoms with van der Waals surface area (Å²) in [5.41, 5.74) is 10.3. The lowest BCUT2D eigenvalue weighted by Gasteiger charge is -2.34. The molecular weight excluding hydrogens is 248 g/mol. The van der Waals surface area contributed by atoms with E-state index in [1.54, 1.807) is 6.20 Å². The summed E-state index contributed by atoms with van der Waals surface area (Å²) in [6.07, 6.45) is 5.65. The van der Waals surface area contributed by atoms with Crippen LogP contribution < -0.4 is 10.5 Å². The van der Waals surface area contributed by atoms with Crippen LogP contribution in [0.15, 0.2) is 42.7 Å². The zero-order valence-corrected chi connectivity index (χ0v) is 11.8. The van der Waals surface area contributed by atoms with Crippen molar-refractivity contribution in [2.75, 3.05) is 6.61 Å². The molecular formula is C17H20N2O. The van der Waals surface area contributed by atoms with Gasteiger partial charge in [0.2, 0.25) is 0 Å². The standard InChI is InChI=1S/C17H20N2O/c1-2-7-20-14-8-13(10-19-11-14)17(18)16-9-12-5-3-4-6-15(12)16/h3-6,8,10-11,16-17H,2,7,9,18H2,1H3. The summed E-state index contributed by atoms with van der Waals surface area (Å²) >= 11 is 0. The molecule has 1 heterocycles. The fourth-order valence-electron chi connectivity index (χ4n) is 2.77. The highest BCUT2D eigenvalue weighted by molar-refractivity contribution is 5.43. The van der Waals surface area contributed by atoms with Crippen molar-refractivity contribution in [3.63, 3.8) is 0 Å². The second-order valence-electron chi connectivity index (χ2n) is 5.34. The lowest BCUT2D eigenvalue weighted by atomic mass is 9.72. The Morgan fingerprint density at radius 2 is 2.20 bits per heavy atom. The molecule has 3 rings (SSSR count). The molecule has 0 saturated heterocycles. The van der Waals surface area contributed by atoms with Crippen molar-refractivity contribution in [3.8, 4) is 5.75 Å². The van der Waals surface area contributed by atoms with E-state index in [1.165, 1.54) is 11.1 Å². The van der Waals surface area contributed by atoms with Crippen molar-refractivity contribution >= 4 is 0 Å². The number of fused-ring (bicyclic) bond motifs is 1. The first-order valence-corrected chi connectivity index (χ1v) is 7.20. The van der Waals surface area contributed by atoms with Gasteiger partial charge in [0.05, 0.1) is 12.8 Å². The molecule has 2 N–H and O–H groups in total. The van der Waals surface area contributed by atoms with Crippen LogP contribution >= 0.6 is 0 Å². The molecule has 0 bridgehead atoms. The summed E-state index contributed by atoms with van der Waals surface area (Å²) in [4.78, 5) is 4.25. The molecule has 2 aromatic rings. The third kappa shape index (κ3) is 2.41. The van der Waals surface area contributed by atoms with Crippen molar-refractivity contribution in [1.82, 2.24) is 4.98 Å². The molecule has 104 valence electrons. The number of benzene rings is 1. The van der Waals surface area contributed by atoms with Gasteiger partial charge in [0.1, 0.15) is 5.75 Å². The first kappa shape index (κ1) is 13.1. The van der Waals surface area contributed by atoms with E-state index >= 15 is 0 Å². The van der Waals surface area contributed by atoms with Gasteiger partial charge in [0.15, 0.2) is 0 Å². The molecule has 2 unspecified atom stereocenters. The first-order chi connectivity index (χ1) is 9.79. The lowest BCUT2D eigenvalue weighted by molar-refractivity contribution is 0.315. The van der Waals surface area contributed by atoms with Crippen LogP contribution in [0.25, 0.3) is 0 Å². The number of ether oxygens (including phenoxy) is 1. The number of nitrogens with two attached hydrogens (primary N) is 1. The van der Waals surface area contributed by atoms with Crippen LogP contribution in [-0.2, 0) is 6.42 Å². The summed E-state index contributed by atoms with van der Waals surface area (Å²) in [6, 6.07) is 10.5. The zero-order chi connectivity index (χ0) is 13.9. The molecule has 1 aliphatic carbocycles. The van der Waals surface area contributed by atoms with E-state index < -0.39 is 0 Å². The molecule has 0 aliphatic heterocycles. The van der Waals surface area contributed by atoms with Crippen LogP contribution in [0, 0.1) is 0 Å². The Hall–Kier alpha value is -1.87. The number of pyridine rings is 1. The third-order valence-electron chi connectivity index (χ3n) is 3.92. The highest BCUT2D eigenvalue weighted by Gasteiger charge is 2.31. The van der Waals surface area contributed by atoms with Gasteiger partial charge in [-0.05, 0) is 35.6 Å². The summed E-state index contributed by atoms with van der Waals surface area (Å²) < 4.78 is 5.63. The monoisotopic (exact) mass is 268 g/mol. The molecule has 0 spiro atoms. The van der Waals surface area contributed by atoms with Crippen molar-refractivity contribution in [2.24, 2.45) is 5.73 Å². The number of hydrogen-bond donors (Lipinski definition) is 1. The van der Waals surface area contributed by atoms with Gasteiger partial charge in [0, 0.05) is 18.2 Å². The molecule has 20 heavy (non-hydrogen) atoms. The Balaban J connectivity index is 1.77. The molecule has 0 saturated carbocycles. The normalized spacial score (nSPS) is 18.0. The average molecular weight is 268 g/mol. The molecule has 1 aromatic carbocycles. The lowest BCUT2D eigenvalue weighted by Crippen LogP contribution is -2.29. The molecule has 1 aromatic heterocycles. The average Bonchev–Trinajstić information content (AvgIpc) is 2.46. The van der Waals surface area contributed by atoms with E-state index in [9.17, 15) is 0 Å². The predicted molar refractivity (Wildman–Crippen MR) is 79.8 cm³/mol. The second-order valence-corrected chi connectivity index (χ2v) is 5.34. The largest absolute Gasteiger partial charge is 0.492 e. The predicted octanol–water partition coefficient (Wildman–Crippen LogP) is 3.21. The van der Waals surface area contributed by atoms with Gasteiger partial charge in [-0.25, -0.2) is 0 Å². The Morgan fingerprint density at radius 3 is 3.00 bits per heavy atom. The van der Waals surface area contributed by atoms with Gasteiger partial charge in [-0.2, -0.15) is 0 Å². The Morgan fingerprint density at radius 1 is 1.35 bits per heavy atom. The van der Waals surface area contributed by atoms with Gasteiger partial charge in [-0.3, -0.25) is 4.98 Å². The molecule has 3 heteroatoms. The minimum absolute atomic E-state index is 0.0115. The minimum Gasteiger partial charge on any atom is -0.492 e. The molecule has 1 aliphatic rings. The van der Waals surface area contributed by atoms with Gasteiger partial charge in [0.25, 0.3) is 0 Å². The highest BCUT2D eigenvalue weighted by Crippen LogP contribution is 2.42. The van der Waals surface area contributed by atoms with Crippen molar-refractivity contribution < 1.29 is 4.74 Å². The maximum absolute atomic E-state index is 6.42. The summed E-state index contributed by atoms with van der Waals surface area (Å²) in [6.45, 7) is 2.81. The zero-order valence-electron chi connectivity index (χ0n) is 11.8. The van der Waals surface area contributed by atoms with Crippen LogP contribution in [0.4, 0.5) is 0 Å². The van der Waals surface area contributed by atoms with Crippen molar-refractivity contribution in [1.29, 1.82) is 0 Å². The number of rotatable bonds is 5. The van der Waals surface area contributed by atoms with Crippen LogP contribution in [0.5, 0.6) is 5.75 Å². The molecule has 0 amide bonds. The van der Waals surface area contributed by atoms with E-state index in [1.807, 2.05) is 12.3 Å². The summed E-state index contributed by atoms with van der Waals surface area (Å²) in [5, 5.41) is 0. The summed E-state index contributed by atoms with van der Waals surface area (Å²) in [5.74, 6) is 1.21. The molecule has 3 nitrogen and oxygen atoms in total. The molecule has 2 atom stereocenters. The smallest absolute Gasteiger partial charge is 0.137 e. The van der Waals surface area contributed by atoms with E-state index in [2.05, 4.69) is 36.2 Å². The summed E-state index contributed by atoms with van der Waals surface area (Å²) in [7, 11) is 0. The Bertz CT molecular complexity index is 597. The Labute approximate surface area is 119 Å². The molecule has 0 fully saturated rings. The van der Waals surface area contributed by atoms with Gasteiger partial charge in [-0.1, -0.05) is 31.2 Å². The van der Waals surface area contributed by atoms with Gasteiger partial charge >= 0.3 is 0 Å². The first-order valence-electron chi connectivity index (χ1n) is 7.20. The highest BCUT2D eigenvalue weighted by atomic mass is 16.5. The van der Waals surface area contributed by atoms with Crippen molar-refractivity contribution in [3.05, 3.63) is 59.4 Å². The van der Waals surface area contributed by atoms with Crippen molar-refractivity contribution in [2.45, 2.75) is 31.7 Å². The van der Waals surface area contributed by atoms with E-state index in [-0.39, 0.29) is 6.04 Å². The minimum atomic E-state index is -0.0115.